The van der Waals surface area contributed by atoms with E-state index in [1.807, 2.05) is 0 Å². The summed E-state index contributed by atoms with van der Waals surface area (Å²) in [6.07, 6.45) is 1.47. The summed E-state index contributed by atoms with van der Waals surface area (Å²) in [5.41, 5.74) is 1.52. The largest absolute Gasteiger partial charge is 0.465 e. The minimum absolute atomic E-state index is 0.124. The number of hydrogen-bond donors (Lipinski definition) is 0. The fraction of sp³-hybridized carbons (Fsp3) is 0.125. The van der Waals surface area contributed by atoms with Crippen LogP contribution in [-0.2, 0) is 4.74 Å². The van der Waals surface area contributed by atoms with Gasteiger partial charge in [-0.3, -0.25) is 0 Å². The molecular formula is C16H12F2N2O2. The lowest BCUT2D eigenvalue weighted by atomic mass is 10.0. The molecule has 22 heavy (non-hydrogen) atoms. The Morgan fingerprint density at radius 3 is 2.45 bits per heavy atom. The molecule has 0 spiro atoms. The Morgan fingerprint density at radius 1 is 1.14 bits per heavy atom. The predicted molar refractivity (Wildman–Crippen MR) is 76.6 cm³/mol. The third kappa shape index (κ3) is 2.13. The van der Waals surface area contributed by atoms with E-state index in [4.69, 9.17) is 0 Å². The topological polar surface area (TPSA) is 43.6 Å². The van der Waals surface area contributed by atoms with Crippen LogP contribution in [0, 0.1) is 18.6 Å². The van der Waals surface area contributed by atoms with Crippen molar-refractivity contribution >= 4 is 11.5 Å². The van der Waals surface area contributed by atoms with E-state index in [0.29, 0.717) is 22.3 Å². The van der Waals surface area contributed by atoms with E-state index in [0.717, 1.165) is 0 Å². The predicted octanol–water partition coefficient (Wildman–Crippen LogP) is 3.37. The number of esters is 1. The highest BCUT2D eigenvalue weighted by molar-refractivity contribution is 5.91. The van der Waals surface area contributed by atoms with Crippen LogP contribution in [0.25, 0.3) is 16.6 Å². The molecule has 0 aliphatic carbocycles. The molecule has 0 amide bonds. The number of nitrogens with zero attached hydrogens (tertiary/aromatic N) is 2. The van der Waals surface area contributed by atoms with Crippen molar-refractivity contribution in [2.75, 3.05) is 7.11 Å². The fourth-order valence-corrected chi connectivity index (χ4v) is 2.45. The molecule has 0 N–H and O–H groups in total. The third-order valence-electron chi connectivity index (χ3n) is 3.44. The van der Waals surface area contributed by atoms with Gasteiger partial charge >= 0.3 is 5.97 Å². The molecule has 0 bridgehead atoms. The SMILES string of the molecule is COC(=O)c1ccc2c(-c3c(F)cccc3F)c(C)nn2c1. The molecule has 0 saturated carbocycles. The van der Waals surface area contributed by atoms with Gasteiger partial charge in [0.25, 0.3) is 0 Å². The van der Waals surface area contributed by atoms with Gasteiger partial charge in [0.2, 0.25) is 0 Å². The van der Waals surface area contributed by atoms with E-state index < -0.39 is 17.6 Å². The van der Waals surface area contributed by atoms with E-state index in [1.54, 1.807) is 13.0 Å². The number of pyridine rings is 1. The molecule has 0 aliphatic heterocycles. The zero-order valence-corrected chi connectivity index (χ0v) is 11.9. The first-order valence-corrected chi connectivity index (χ1v) is 6.54. The molecule has 2 heterocycles. The van der Waals surface area contributed by atoms with E-state index in [2.05, 4.69) is 9.84 Å². The van der Waals surface area contributed by atoms with Crippen LogP contribution in [0.4, 0.5) is 8.78 Å². The molecule has 0 radical (unpaired) electrons. The zero-order chi connectivity index (χ0) is 15.9. The van der Waals surface area contributed by atoms with Crippen LogP contribution >= 0.6 is 0 Å². The molecule has 2 aromatic heterocycles. The average molecular weight is 302 g/mol. The Hall–Kier alpha value is -2.76. The lowest BCUT2D eigenvalue weighted by Gasteiger charge is -2.05. The minimum atomic E-state index is -0.657. The van der Waals surface area contributed by atoms with Crippen LogP contribution in [0.1, 0.15) is 16.1 Å². The maximum absolute atomic E-state index is 14.0. The second kappa shape index (κ2) is 5.22. The van der Waals surface area contributed by atoms with Gasteiger partial charge in [0.15, 0.2) is 0 Å². The summed E-state index contributed by atoms with van der Waals surface area (Å²) in [4.78, 5) is 11.5. The number of methoxy groups -OCH3 is 1. The number of aromatic nitrogens is 2. The molecule has 4 nitrogen and oxygen atoms in total. The van der Waals surface area contributed by atoms with Crippen molar-refractivity contribution in [3.8, 4) is 11.1 Å². The molecule has 3 rings (SSSR count). The molecule has 112 valence electrons. The minimum Gasteiger partial charge on any atom is -0.465 e. The molecule has 1 aromatic carbocycles. The Labute approximate surface area is 124 Å². The van der Waals surface area contributed by atoms with Crippen LogP contribution in [0.3, 0.4) is 0 Å². The Morgan fingerprint density at radius 2 is 1.82 bits per heavy atom. The number of fused-ring (bicyclic) bond motifs is 1. The molecule has 0 aliphatic rings. The normalized spacial score (nSPS) is 10.9. The Kier molecular flexibility index (Phi) is 3.36. The van der Waals surface area contributed by atoms with Crippen molar-refractivity contribution in [2.45, 2.75) is 6.92 Å². The lowest BCUT2D eigenvalue weighted by Crippen LogP contribution is -2.03. The van der Waals surface area contributed by atoms with Gasteiger partial charge in [0.1, 0.15) is 11.6 Å². The number of carbonyl (C=O) groups excluding carboxylic acids is 1. The van der Waals surface area contributed by atoms with Gasteiger partial charge in [0.05, 0.1) is 29.4 Å². The van der Waals surface area contributed by atoms with E-state index in [9.17, 15) is 13.6 Å². The Balaban J connectivity index is 2.28. The molecule has 0 unspecified atom stereocenters. The highest BCUT2D eigenvalue weighted by Crippen LogP contribution is 2.32. The molecule has 0 fully saturated rings. The summed E-state index contributed by atoms with van der Waals surface area (Å²) in [6.45, 7) is 1.66. The number of ether oxygens (including phenoxy) is 1. The van der Waals surface area contributed by atoms with Crippen molar-refractivity contribution in [1.82, 2.24) is 9.61 Å². The maximum atomic E-state index is 14.0. The van der Waals surface area contributed by atoms with E-state index in [1.165, 1.54) is 42.1 Å². The number of benzene rings is 1. The van der Waals surface area contributed by atoms with Gasteiger partial charge in [0, 0.05) is 11.8 Å². The number of aryl methyl sites for hydroxylation is 1. The van der Waals surface area contributed by atoms with Gasteiger partial charge in [-0.15, -0.1) is 0 Å². The quantitative estimate of drug-likeness (QED) is 0.682. The highest BCUT2D eigenvalue weighted by atomic mass is 19.1. The summed E-state index contributed by atoms with van der Waals surface area (Å²) >= 11 is 0. The molecule has 0 atom stereocenters. The third-order valence-corrected chi connectivity index (χ3v) is 3.44. The second-order valence-corrected chi connectivity index (χ2v) is 4.80. The van der Waals surface area contributed by atoms with Crippen LogP contribution in [0.15, 0.2) is 36.5 Å². The highest BCUT2D eigenvalue weighted by Gasteiger charge is 2.19. The van der Waals surface area contributed by atoms with Crippen LogP contribution in [0.2, 0.25) is 0 Å². The van der Waals surface area contributed by atoms with Crippen molar-refractivity contribution in [3.63, 3.8) is 0 Å². The van der Waals surface area contributed by atoms with Gasteiger partial charge in [-0.25, -0.2) is 18.1 Å². The van der Waals surface area contributed by atoms with Crippen molar-refractivity contribution in [3.05, 3.63) is 59.4 Å². The molecule has 3 aromatic rings. The average Bonchev–Trinajstić information content (AvgIpc) is 2.82. The first-order chi connectivity index (χ1) is 10.5. The van der Waals surface area contributed by atoms with Crippen LogP contribution < -0.4 is 0 Å². The smallest absolute Gasteiger partial charge is 0.339 e. The van der Waals surface area contributed by atoms with Gasteiger partial charge in [-0.2, -0.15) is 5.10 Å². The number of hydrogen-bond acceptors (Lipinski definition) is 3. The lowest BCUT2D eigenvalue weighted by molar-refractivity contribution is 0.0600. The number of rotatable bonds is 2. The molecular weight excluding hydrogens is 290 g/mol. The summed E-state index contributed by atoms with van der Waals surface area (Å²) in [5.74, 6) is -1.82. The van der Waals surface area contributed by atoms with Crippen LogP contribution in [0.5, 0.6) is 0 Å². The van der Waals surface area contributed by atoms with Crippen LogP contribution in [-0.4, -0.2) is 22.7 Å². The van der Waals surface area contributed by atoms with Crippen molar-refractivity contribution in [1.29, 1.82) is 0 Å². The summed E-state index contributed by atoms with van der Waals surface area (Å²) in [5, 5.41) is 4.22. The summed E-state index contributed by atoms with van der Waals surface area (Å²) in [6, 6.07) is 6.83. The number of halogens is 2. The summed E-state index contributed by atoms with van der Waals surface area (Å²) < 4.78 is 34.1. The second-order valence-electron chi connectivity index (χ2n) is 4.80. The van der Waals surface area contributed by atoms with E-state index in [-0.39, 0.29) is 5.56 Å². The van der Waals surface area contributed by atoms with E-state index >= 15 is 0 Å². The Bertz CT molecular complexity index is 867. The van der Waals surface area contributed by atoms with Crippen molar-refractivity contribution < 1.29 is 18.3 Å². The maximum Gasteiger partial charge on any atom is 0.339 e. The van der Waals surface area contributed by atoms with Gasteiger partial charge in [-0.1, -0.05) is 6.07 Å². The van der Waals surface area contributed by atoms with Gasteiger partial charge in [-0.05, 0) is 31.2 Å². The molecule has 6 heteroatoms. The molecule has 0 saturated heterocycles. The standard InChI is InChI=1S/C16H12F2N2O2/c1-9-14(15-11(17)4-3-5-12(15)18)13-7-6-10(16(21)22-2)8-20(13)19-9/h3-8H,1-2H3. The number of carbonyl (C=O) groups is 1. The fourth-order valence-electron chi connectivity index (χ4n) is 2.45. The van der Waals surface area contributed by atoms with Gasteiger partial charge < -0.3 is 4.74 Å². The first-order valence-electron chi connectivity index (χ1n) is 6.54. The zero-order valence-electron chi connectivity index (χ0n) is 11.9. The van der Waals surface area contributed by atoms with Crippen molar-refractivity contribution in [2.24, 2.45) is 0 Å². The first kappa shape index (κ1) is 14.2. The summed E-state index contributed by atoms with van der Waals surface area (Å²) in [7, 11) is 1.28. The monoisotopic (exact) mass is 302 g/mol.